The molecule has 22 heavy (non-hydrogen) atoms. The molecule has 2 rings (SSSR count). The van der Waals surface area contributed by atoms with Gasteiger partial charge in [0.05, 0.1) is 12.3 Å². The fourth-order valence-electron chi connectivity index (χ4n) is 1.84. The standard InChI is InChI=1S/C17H15BrFNO2/c1-2-22-16-6-4-3-5-12(16)7-10-17(21)20-15-9-8-13(18)11-14(15)19/h3-11H,2H2,1H3,(H,20,21)/b10-7+. The van der Waals surface area contributed by atoms with Crippen LogP contribution in [0.3, 0.4) is 0 Å². The van der Waals surface area contributed by atoms with Crippen molar-refractivity contribution in [3.05, 3.63) is 64.4 Å². The lowest BCUT2D eigenvalue weighted by atomic mass is 10.2. The smallest absolute Gasteiger partial charge is 0.248 e. The topological polar surface area (TPSA) is 38.3 Å². The lowest BCUT2D eigenvalue weighted by molar-refractivity contribution is -0.111. The Balaban J connectivity index is 2.08. The van der Waals surface area contributed by atoms with Crippen LogP contribution in [-0.4, -0.2) is 12.5 Å². The van der Waals surface area contributed by atoms with E-state index in [0.717, 1.165) is 5.56 Å². The number of rotatable bonds is 5. The summed E-state index contributed by atoms with van der Waals surface area (Å²) in [6.45, 7) is 2.44. The van der Waals surface area contributed by atoms with Gasteiger partial charge < -0.3 is 10.1 Å². The summed E-state index contributed by atoms with van der Waals surface area (Å²) >= 11 is 3.17. The average molecular weight is 364 g/mol. The molecule has 3 nitrogen and oxygen atoms in total. The molecule has 0 atom stereocenters. The van der Waals surface area contributed by atoms with E-state index in [-0.39, 0.29) is 5.69 Å². The van der Waals surface area contributed by atoms with E-state index < -0.39 is 11.7 Å². The van der Waals surface area contributed by atoms with Gasteiger partial charge in [0.2, 0.25) is 5.91 Å². The SMILES string of the molecule is CCOc1ccccc1/C=C/C(=O)Nc1ccc(Br)cc1F. The Morgan fingerprint density at radius 3 is 2.82 bits per heavy atom. The number of nitrogens with one attached hydrogen (secondary N) is 1. The van der Waals surface area contributed by atoms with Gasteiger partial charge in [-0.2, -0.15) is 0 Å². The van der Waals surface area contributed by atoms with Crippen LogP contribution in [0.25, 0.3) is 6.08 Å². The van der Waals surface area contributed by atoms with E-state index in [2.05, 4.69) is 21.2 Å². The molecule has 2 aromatic carbocycles. The second kappa shape index (κ2) is 7.75. The van der Waals surface area contributed by atoms with Crippen LogP contribution < -0.4 is 10.1 Å². The number of halogens is 2. The molecule has 0 fully saturated rings. The molecule has 0 aliphatic carbocycles. The number of ether oxygens (including phenoxy) is 1. The van der Waals surface area contributed by atoms with Crippen LogP contribution in [0.1, 0.15) is 12.5 Å². The summed E-state index contributed by atoms with van der Waals surface area (Å²) in [5.74, 6) is -0.206. The number of benzene rings is 2. The van der Waals surface area contributed by atoms with Crippen LogP contribution in [0.2, 0.25) is 0 Å². The third-order valence-corrected chi connectivity index (χ3v) is 3.32. The van der Waals surface area contributed by atoms with Gasteiger partial charge >= 0.3 is 0 Å². The second-order valence-electron chi connectivity index (χ2n) is 4.42. The minimum absolute atomic E-state index is 0.135. The van der Waals surface area contributed by atoms with Crippen molar-refractivity contribution in [1.82, 2.24) is 0 Å². The molecular formula is C17H15BrFNO2. The van der Waals surface area contributed by atoms with E-state index in [9.17, 15) is 9.18 Å². The number of para-hydroxylation sites is 1. The van der Waals surface area contributed by atoms with E-state index in [1.54, 1.807) is 12.1 Å². The molecule has 0 aromatic heterocycles. The zero-order valence-corrected chi connectivity index (χ0v) is 13.6. The molecule has 0 aliphatic heterocycles. The fourth-order valence-corrected chi connectivity index (χ4v) is 2.17. The molecule has 0 saturated heterocycles. The van der Waals surface area contributed by atoms with E-state index >= 15 is 0 Å². The van der Waals surface area contributed by atoms with Crippen molar-refractivity contribution >= 4 is 33.6 Å². The first kappa shape index (κ1) is 16.2. The third kappa shape index (κ3) is 4.43. The fraction of sp³-hybridized carbons (Fsp3) is 0.118. The number of anilines is 1. The number of carbonyl (C=O) groups excluding carboxylic acids is 1. The number of carbonyl (C=O) groups is 1. The van der Waals surface area contributed by atoms with Crippen molar-refractivity contribution in [2.45, 2.75) is 6.92 Å². The predicted molar refractivity (Wildman–Crippen MR) is 89.4 cm³/mol. The van der Waals surface area contributed by atoms with Crippen LogP contribution >= 0.6 is 15.9 Å². The quantitative estimate of drug-likeness (QED) is 0.785. The average Bonchev–Trinajstić information content (AvgIpc) is 2.49. The Bertz CT molecular complexity index is 701. The molecule has 0 unspecified atom stereocenters. The number of hydrogen-bond donors (Lipinski definition) is 1. The highest BCUT2D eigenvalue weighted by molar-refractivity contribution is 9.10. The van der Waals surface area contributed by atoms with E-state index in [1.165, 1.54) is 18.2 Å². The van der Waals surface area contributed by atoms with Crippen LogP contribution in [0.5, 0.6) is 5.75 Å². The van der Waals surface area contributed by atoms with Gasteiger partial charge in [-0.3, -0.25) is 4.79 Å². The van der Waals surface area contributed by atoms with Crippen LogP contribution in [0.15, 0.2) is 53.0 Å². The zero-order valence-electron chi connectivity index (χ0n) is 12.0. The lowest BCUT2D eigenvalue weighted by Gasteiger charge is -2.06. The number of hydrogen-bond acceptors (Lipinski definition) is 2. The van der Waals surface area contributed by atoms with Crippen LogP contribution in [-0.2, 0) is 4.79 Å². The van der Waals surface area contributed by atoms with Crippen LogP contribution in [0, 0.1) is 5.82 Å². The Labute approximate surface area is 136 Å². The van der Waals surface area contributed by atoms with Gasteiger partial charge in [-0.25, -0.2) is 4.39 Å². The van der Waals surface area contributed by atoms with Crippen molar-refractivity contribution in [2.24, 2.45) is 0 Å². The van der Waals surface area contributed by atoms with Gasteiger partial charge in [-0.1, -0.05) is 34.1 Å². The van der Waals surface area contributed by atoms with Crippen molar-refractivity contribution in [3.8, 4) is 5.75 Å². The van der Waals surface area contributed by atoms with E-state index in [4.69, 9.17) is 4.74 Å². The highest BCUT2D eigenvalue weighted by Crippen LogP contribution is 2.21. The number of amides is 1. The molecule has 0 aliphatic rings. The summed E-state index contributed by atoms with van der Waals surface area (Å²) < 4.78 is 19.7. The molecule has 114 valence electrons. The first-order chi connectivity index (χ1) is 10.6. The molecule has 0 heterocycles. The zero-order chi connectivity index (χ0) is 15.9. The monoisotopic (exact) mass is 363 g/mol. The summed E-state index contributed by atoms with van der Waals surface area (Å²) in [5.41, 5.74) is 0.923. The summed E-state index contributed by atoms with van der Waals surface area (Å²) in [6.07, 6.45) is 2.98. The molecule has 5 heteroatoms. The highest BCUT2D eigenvalue weighted by Gasteiger charge is 2.05. The first-order valence-corrected chi connectivity index (χ1v) is 7.55. The maximum absolute atomic E-state index is 13.6. The maximum atomic E-state index is 13.6. The van der Waals surface area contributed by atoms with E-state index in [1.807, 2.05) is 31.2 Å². The van der Waals surface area contributed by atoms with Crippen LogP contribution in [0.4, 0.5) is 10.1 Å². The van der Waals surface area contributed by atoms with Gasteiger partial charge in [0.15, 0.2) is 0 Å². The Morgan fingerprint density at radius 2 is 2.09 bits per heavy atom. The van der Waals surface area contributed by atoms with E-state index in [0.29, 0.717) is 16.8 Å². The summed E-state index contributed by atoms with van der Waals surface area (Å²) in [4.78, 5) is 11.9. The molecule has 0 radical (unpaired) electrons. The van der Waals surface area contributed by atoms with Crippen molar-refractivity contribution in [2.75, 3.05) is 11.9 Å². The first-order valence-electron chi connectivity index (χ1n) is 6.76. The summed E-state index contributed by atoms with van der Waals surface area (Å²) in [7, 11) is 0. The molecular weight excluding hydrogens is 349 g/mol. The van der Waals surface area contributed by atoms with Gasteiger partial charge in [0.25, 0.3) is 0 Å². The second-order valence-corrected chi connectivity index (χ2v) is 5.33. The van der Waals surface area contributed by atoms with Gasteiger partial charge in [0, 0.05) is 16.1 Å². The summed E-state index contributed by atoms with van der Waals surface area (Å²) in [6, 6.07) is 11.8. The third-order valence-electron chi connectivity index (χ3n) is 2.82. The molecule has 1 N–H and O–H groups in total. The predicted octanol–water partition coefficient (Wildman–Crippen LogP) is 4.64. The Hall–Kier alpha value is -2.14. The molecule has 1 amide bonds. The Kier molecular flexibility index (Phi) is 5.72. The Morgan fingerprint density at radius 1 is 1.32 bits per heavy atom. The molecule has 0 spiro atoms. The lowest BCUT2D eigenvalue weighted by Crippen LogP contribution is -2.09. The highest BCUT2D eigenvalue weighted by atomic mass is 79.9. The van der Waals surface area contributed by atoms with Crippen molar-refractivity contribution in [3.63, 3.8) is 0 Å². The van der Waals surface area contributed by atoms with Gasteiger partial charge in [-0.05, 0) is 37.3 Å². The normalized spacial score (nSPS) is 10.7. The minimum Gasteiger partial charge on any atom is -0.493 e. The summed E-state index contributed by atoms with van der Waals surface area (Å²) in [5, 5.41) is 2.50. The van der Waals surface area contributed by atoms with Crippen molar-refractivity contribution < 1.29 is 13.9 Å². The van der Waals surface area contributed by atoms with Gasteiger partial charge in [-0.15, -0.1) is 0 Å². The maximum Gasteiger partial charge on any atom is 0.248 e. The molecule has 2 aromatic rings. The molecule has 0 bridgehead atoms. The van der Waals surface area contributed by atoms with Gasteiger partial charge in [0.1, 0.15) is 11.6 Å². The largest absolute Gasteiger partial charge is 0.493 e. The molecule has 0 saturated carbocycles. The van der Waals surface area contributed by atoms with Crippen molar-refractivity contribution in [1.29, 1.82) is 0 Å². The minimum atomic E-state index is -0.495.